The van der Waals surface area contributed by atoms with Crippen molar-refractivity contribution >= 4 is 29.3 Å². The molecular formula is C18H15F3N4O4. The van der Waals surface area contributed by atoms with Crippen molar-refractivity contribution in [2.75, 3.05) is 18.0 Å². The summed E-state index contributed by atoms with van der Waals surface area (Å²) in [5, 5.41) is 5.22. The maximum Gasteiger partial charge on any atom is 0.265 e. The molecule has 0 aliphatic carbocycles. The number of carbonyl (C=O) groups excluding carboxylic acids is 4. The summed E-state index contributed by atoms with van der Waals surface area (Å²) in [6.07, 6.45) is 0.581. The third-order valence-electron chi connectivity index (χ3n) is 5.92. The molecule has 5 heterocycles. The highest BCUT2D eigenvalue weighted by Gasteiger charge is 2.50. The molecule has 29 heavy (non-hydrogen) atoms. The van der Waals surface area contributed by atoms with Crippen molar-refractivity contribution in [3.05, 3.63) is 28.6 Å². The van der Waals surface area contributed by atoms with E-state index in [-0.39, 0.29) is 38.0 Å². The van der Waals surface area contributed by atoms with Crippen LogP contribution in [0, 0.1) is 17.5 Å². The summed E-state index contributed by atoms with van der Waals surface area (Å²) in [7, 11) is 0. The Kier molecular flexibility index (Phi) is 3.76. The number of fused-ring (bicyclic) bond motifs is 3. The van der Waals surface area contributed by atoms with Crippen LogP contribution in [-0.4, -0.2) is 59.7 Å². The fourth-order valence-electron chi connectivity index (χ4n) is 4.59. The molecule has 1 aromatic rings. The second kappa shape index (κ2) is 6.02. The van der Waals surface area contributed by atoms with Crippen LogP contribution in [0.1, 0.15) is 40.0 Å². The summed E-state index contributed by atoms with van der Waals surface area (Å²) in [5.41, 5.74) is -1.90. The molecule has 152 valence electrons. The number of nitrogens with zero attached hydrogens (tertiary/aromatic N) is 2. The van der Waals surface area contributed by atoms with E-state index in [9.17, 15) is 32.3 Å². The van der Waals surface area contributed by atoms with Gasteiger partial charge in [-0.05, 0) is 12.8 Å². The Morgan fingerprint density at radius 1 is 0.862 bits per heavy atom. The van der Waals surface area contributed by atoms with E-state index < -0.39 is 63.9 Å². The maximum absolute atomic E-state index is 14.8. The number of hydrogen-bond acceptors (Lipinski definition) is 6. The first-order valence-electron chi connectivity index (χ1n) is 9.21. The molecule has 4 fully saturated rings. The molecular weight excluding hydrogens is 393 g/mol. The molecule has 2 N–H and O–H groups in total. The van der Waals surface area contributed by atoms with Crippen LogP contribution >= 0.6 is 0 Å². The van der Waals surface area contributed by atoms with Crippen LogP contribution in [0.2, 0.25) is 0 Å². The van der Waals surface area contributed by atoms with Gasteiger partial charge in [0, 0.05) is 31.6 Å². The van der Waals surface area contributed by atoms with E-state index in [1.165, 1.54) is 4.90 Å². The Labute approximate surface area is 162 Å². The lowest BCUT2D eigenvalue weighted by Crippen LogP contribution is -2.67. The number of hydrogen-bond donors (Lipinski definition) is 2. The van der Waals surface area contributed by atoms with Gasteiger partial charge in [-0.15, -0.1) is 0 Å². The van der Waals surface area contributed by atoms with Gasteiger partial charge in [-0.1, -0.05) is 0 Å². The molecule has 4 amide bonds. The topological polar surface area (TPSA) is 98.8 Å². The third-order valence-corrected chi connectivity index (χ3v) is 5.92. The number of piperazine rings is 1. The number of nitrogens with one attached hydrogen (secondary N) is 2. The van der Waals surface area contributed by atoms with Gasteiger partial charge in [-0.2, -0.15) is 0 Å². The lowest BCUT2D eigenvalue weighted by atomic mass is 9.90. The zero-order chi connectivity index (χ0) is 20.6. The monoisotopic (exact) mass is 408 g/mol. The predicted octanol–water partition coefficient (Wildman–Crippen LogP) is 0.0556. The molecule has 5 aliphatic heterocycles. The third kappa shape index (κ3) is 2.43. The van der Waals surface area contributed by atoms with E-state index in [4.69, 9.17) is 0 Å². The first-order valence-corrected chi connectivity index (χ1v) is 9.21. The van der Waals surface area contributed by atoms with Crippen molar-refractivity contribution < 1.29 is 32.3 Å². The summed E-state index contributed by atoms with van der Waals surface area (Å²) in [6.45, 7) is 0.537. The quantitative estimate of drug-likeness (QED) is 0.530. The number of benzene rings is 1. The first kappa shape index (κ1) is 18.1. The molecule has 6 rings (SSSR count). The van der Waals surface area contributed by atoms with E-state index in [1.54, 1.807) is 0 Å². The largest absolute Gasteiger partial charge is 0.365 e. The zero-order valence-corrected chi connectivity index (χ0v) is 14.9. The van der Waals surface area contributed by atoms with Gasteiger partial charge in [0.25, 0.3) is 11.8 Å². The minimum atomic E-state index is -1.84. The van der Waals surface area contributed by atoms with E-state index in [2.05, 4.69) is 5.32 Å². The standard InChI is InChI=1S/C18H15F3N4O4/c19-12-10-11(15(14(21)13(12)20)24-4-6-3-7(5-24)22-6)18(29)25(17(10)28)8-1-2-9(26)23-16(8)27/h6-8,22H,1-5H2,(H,23,26,27). The summed E-state index contributed by atoms with van der Waals surface area (Å²) in [4.78, 5) is 51.3. The number of anilines is 1. The zero-order valence-electron chi connectivity index (χ0n) is 14.9. The molecule has 2 bridgehead atoms. The Bertz CT molecular complexity index is 998. The van der Waals surface area contributed by atoms with Crippen molar-refractivity contribution in [1.29, 1.82) is 0 Å². The SMILES string of the molecule is O=C1CCC(N2C(=O)c3c(F)c(F)c(F)c(N4CC5CC(C4)N5)c3C2=O)C(=O)N1. The summed E-state index contributed by atoms with van der Waals surface area (Å²) < 4.78 is 43.6. The van der Waals surface area contributed by atoms with Crippen LogP contribution in [0.15, 0.2) is 0 Å². The van der Waals surface area contributed by atoms with Gasteiger partial charge in [0.15, 0.2) is 17.5 Å². The van der Waals surface area contributed by atoms with E-state index in [0.29, 0.717) is 4.90 Å². The fourth-order valence-corrected chi connectivity index (χ4v) is 4.59. The van der Waals surface area contributed by atoms with E-state index in [0.717, 1.165) is 6.42 Å². The van der Waals surface area contributed by atoms with Gasteiger partial charge in [-0.3, -0.25) is 29.4 Å². The Morgan fingerprint density at radius 2 is 1.48 bits per heavy atom. The van der Waals surface area contributed by atoms with Crippen molar-refractivity contribution in [2.24, 2.45) is 0 Å². The Morgan fingerprint density at radius 3 is 2.10 bits per heavy atom. The molecule has 8 nitrogen and oxygen atoms in total. The number of carbonyl (C=O) groups is 4. The lowest BCUT2D eigenvalue weighted by molar-refractivity contribution is -0.136. The number of piperidine rings is 2. The van der Waals surface area contributed by atoms with Gasteiger partial charge in [0.1, 0.15) is 6.04 Å². The molecule has 0 radical (unpaired) electrons. The molecule has 3 unspecified atom stereocenters. The minimum absolute atomic E-state index is 0.0235. The highest BCUT2D eigenvalue weighted by molar-refractivity contribution is 6.25. The number of halogens is 3. The average Bonchev–Trinajstić information content (AvgIpc) is 2.91. The van der Waals surface area contributed by atoms with Crippen LogP contribution in [0.5, 0.6) is 0 Å². The number of imide groups is 2. The van der Waals surface area contributed by atoms with Crippen molar-refractivity contribution in [3.63, 3.8) is 0 Å². The van der Waals surface area contributed by atoms with Crippen molar-refractivity contribution in [3.8, 4) is 0 Å². The first-order chi connectivity index (χ1) is 13.8. The number of rotatable bonds is 2. The van der Waals surface area contributed by atoms with Crippen LogP contribution in [-0.2, 0) is 9.59 Å². The van der Waals surface area contributed by atoms with Crippen LogP contribution in [0.25, 0.3) is 0 Å². The van der Waals surface area contributed by atoms with Gasteiger partial charge in [-0.25, -0.2) is 13.2 Å². The fraction of sp³-hybridized carbons (Fsp3) is 0.444. The Balaban J connectivity index is 1.62. The van der Waals surface area contributed by atoms with Crippen molar-refractivity contribution in [1.82, 2.24) is 15.5 Å². The van der Waals surface area contributed by atoms with Gasteiger partial charge >= 0.3 is 0 Å². The molecule has 4 saturated heterocycles. The molecule has 0 saturated carbocycles. The smallest absolute Gasteiger partial charge is 0.265 e. The highest BCUT2D eigenvalue weighted by atomic mass is 19.2. The second-order valence-corrected chi connectivity index (χ2v) is 7.69. The van der Waals surface area contributed by atoms with Gasteiger partial charge in [0.05, 0.1) is 16.8 Å². The van der Waals surface area contributed by atoms with Gasteiger partial charge < -0.3 is 10.2 Å². The Hall–Kier alpha value is -2.95. The average molecular weight is 408 g/mol. The molecule has 0 aromatic heterocycles. The molecule has 1 aromatic carbocycles. The van der Waals surface area contributed by atoms with Crippen LogP contribution in [0.3, 0.4) is 0 Å². The van der Waals surface area contributed by atoms with E-state index in [1.807, 2.05) is 5.32 Å². The van der Waals surface area contributed by atoms with Gasteiger partial charge in [0.2, 0.25) is 11.8 Å². The highest BCUT2D eigenvalue weighted by Crippen LogP contribution is 2.40. The predicted molar refractivity (Wildman–Crippen MR) is 90.5 cm³/mol. The van der Waals surface area contributed by atoms with Crippen LogP contribution < -0.4 is 15.5 Å². The molecule has 3 atom stereocenters. The minimum Gasteiger partial charge on any atom is -0.365 e. The number of amides is 4. The van der Waals surface area contributed by atoms with E-state index >= 15 is 0 Å². The van der Waals surface area contributed by atoms with Crippen molar-refractivity contribution in [2.45, 2.75) is 37.4 Å². The molecule has 5 aliphatic rings. The maximum atomic E-state index is 14.8. The molecule has 11 heteroatoms. The summed E-state index contributed by atoms with van der Waals surface area (Å²) >= 11 is 0. The summed E-state index contributed by atoms with van der Waals surface area (Å²) in [6, 6.07) is -1.30. The molecule has 0 spiro atoms. The summed E-state index contributed by atoms with van der Waals surface area (Å²) in [5.74, 6) is -8.85. The lowest BCUT2D eigenvalue weighted by Gasteiger charge is -2.49. The van der Waals surface area contributed by atoms with Crippen LogP contribution in [0.4, 0.5) is 18.9 Å². The normalized spacial score (nSPS) is 28.4. The second-order valence-electron chi connectivity index (χ2n) is 7.69.